The summed E-state index contributed by atoms with van der Waals surface area (Å²) in [5.41, 5.74) is -0.914. The van der Waals surface area contributed by atoms with Gasteiger partial charge in [-0.25, -0.2) is 0 Å². The van der Waals surface area contributed by atoms with Crippen LogP contribution >= 0.6 is 11.6 Å². The van der Waals surface area contributed by atoms with Gasteiger partial charge in [-0.3, -0.25) is 0 Å². The predicted octanol–water partition coefficient (Wildman–Crippen LogP) is 4.72. The molecule has 18 heavy (non-hydrogen) atoms. The Balaban J connectivity index is 2.69. The minimum atomic E-state index is -4.53. The van der Waals surface area contributed by atoms with Crippen molar-refractivity contribution in [2.75, 3.05) is 11.9 Å². The van der Waals surface area contributed by atoms with Crippen LogP contribution in [-0.4, -0.2) is 12.7 Å². The lowest BCUT2D eigenvalue weighted by Gasteiger charge is -2.12. The fourth-order valence-corrected chi connectivity index (χ4v) is 1.42. The molecule has 0 aliphatic rings. The van der Waals surface area contributed by atoms with Crippen LogP contribution in [-0.2, 0) is 6.18 Å². The molecule has 0 aliphatic heterocycles. The Kier molecular flexibility index (Phi) is 4.37. The predicted molar refractivity (Wildman–Crippen MR) is 55.6 cm³/mol. The first-order valence-corrected chi connectivity index (χ1v) is 5.15. The molecule has 1 nitrogen and oxygen atoms in total. The molecule has 1 aromatic carbocycles. The van der Waals surface area contributed by atoms with Gasteiger partial charge in [0.25, 0.3) is 0 Å². The average Bonchev–Trinajstić information content (AvgIpc) is 2.17. The van der Waals surface area contributed by atoms with Crippen LogP contribution in [0.5, 0.6) is 0 Å². The summed E-state index contributed by atoms with van der Waals surface area (Å²) in [7, 11) is 0. The van der Waals surface area contributed by atoms with E-state index in [4.69, 9.17) is 11.6 Å². The largest absolute Gasteiger partial charge is 0.416 e. The molecule has 0 bridgehead atoms. The molecule has 0 fully saturated rings. The molecular weight excluding hydrogens is 284 g/mol. The fraction of sp³-hybridized carbons (Fsp3) is 0.400. The molecule has 0 unspecified atom stereocenters. The lowest BCUT2D eigenvalue weighted by atomic mass is 10.2. The van der Waals surface area contributed by atoms with Crippen molar-refractivity contribution in [2.24, 2.45) is 0 Å². The number of rotatable bonds is 3. The lowest BCUT2D eigenvalue weighted by molar-refractivity contribution is -0.137. The Hall–Kier alpha value is -1.11. The molecule has 0 radical (unpaired) electrons. The second-order valence-electron chi connectivity index (χ2n) is 3.48. The van der Waals surface area contributed by atoms with Crippen molar-refractivity contribution in [3.63, 3.8) is 0 Å². The maximum atomic E-state index is 12.3. The Labute approximate surface area is 104 Å². The molecule has 0 amide bonds. The Morgan fingerprint density at radius 2 is 1.67 bits per heavy atom. The van der Waals surface area contributed by atoms with Gasteiger partial charge in [0.1, 0.15) is 0 Å². The van der Waals surface area contributed by atoms with Crippen LogP contribution in [0.2, 0.25) is 5.02 Å². The summed E-state index contributed by atoms with van der Waals surface area (Å²) in [5, 5.41) is 2.06. The van der Waals surface area contributed by atoms with Crippen LogP contribution in [0.15, 0.2) is 18.2 Å². The molecule has 8 heteroatoms. The van der Waals surface area contributed by atoms with Gasteiger partial charge in [0.15, 0.2) is 0 Å². The Morgan fingerprint density at radius 3 is 2.11 bits per heavy atom. The van der Waals surface area contributed by atoms with Crippen molar-refractivity contribution >= 4 is 17.3 Å². The molecule has 1 rings (SSSR count). The summed E-state index contributed by atoms with van der Waals surface area (Å²) in [6.07, 6.45) is -9.95. The number of alkyl halides is 6. The standard InChI is InChI=1S/C10H8ClF6N/c11-7-5-6(10(15,16)17)1-2-8(7)18-4-3-9(12,13)14/h1-2,5,18H,3-4H2. The van der Waals surface area contributed by atoms with Gasteiger partial charge in [0.05, 0.1) is 22.7 Å². The highest BCUT2D eigenvalue weighted by Crippen LogP contribution is 2.33. The molecule has 1 N–H and O–H groups in total. The Morgan fingerprint density at radius 1 is 1.06 bits per heavy atom. The average molecular weight is 292 g/mol. The SMILES string of the molecule is FC(F)(F)CCNc1ccc(C(F)(F)F)cc1Cl. The monoisotopic (exact) mass is 291 g/mol. The summed E-state index contributed by atoms with van der Waals surface area (Å²) >= 11 is 5.54. The summed E-state index contributed by atoms with van der Waals surface area (Å²) in [4.78, 5) is 0. The van der Waals surface area contributed by atoms with Crippen LogP contribution in [0.4, 0.5) is 32.0 Å². The van der Waals surface area contributed by atoms with Crippen LogP contribution in [0.1, 0.15) is 12.0 Å². The van der Waals surface area contributed by atoms with Gasteiger partial charge in [-0.15, -0.1) is 0 Å². The second kappa shape index (κ2) is 5.26. The van der Waals surface area contributed by atoms with Gasteiger partial charge in [-0.2, -0.15) is 26.3 Å². The fourth-order valence-electron chi connectivity index (χ4n) is 1.17. The van der Waals surface area contributed by atoms with E-state index in [1.807, 2.05) is 0 Å². The number of nitrogens with one attached hydrogen (secondary N) is 1. The first kappa shape index (κ1) is 14.9. The Bertz CT molecular complexity index is 412. The van der Waals surface area contributed by atoms with Crippen molar-refractivity contribution < 1.29 is 26.3 Å². The molecule has 0 heterocycles. The van der Waals surface area contributed by atoms with Crippen molar-refractivity contribution in [3.05, 3.63) is 28.8 Å². The van der Waals surface area contributed by atoms with E-state index < -0.39 is 30.9 Å². The minimum Gasteiger partial charge on any atom is -0.384 e. The van der Waals surface area contributed by atoms with E-state index in [1.165, 1.54) is 0 Å². The maximum absolute atomic E-state index is 12.3. The zero-order chi connectivity index (χ0) is 14.0. The quantitative estimate of drug-likeness (QED) is 0.794. The van der Waals surface area contributed by atoms with E-state index in [9.17, 15) is 26.3 Å². The van der Waals surface area contributed by atoms with Gasteiger partial charge in [-0.1, -0.05) is 11.6 Å². The van der Waals surface area contributed by atoms with Crippen molar-refractivity contribution in [1.29, 1.82) is 0 Å². The summed E-state index contributed by atoms with van der Waals surface area (Å²) in [6.45, 7) is -0.450. The second-order valence-corrected chi connectivity index (χ2v) is 3.89. The minimum absolute atomic E-state index is 0.0360. The van der Waals surface area contributed by atoms with E-state index >= 15 is 0 Å². The molecule has 1 aromatic rings. The molecule has 0 aliphatic carbocycles. The van der Waals surface area contributed by atoms with Crippen LogP contribution in [0.3, 0.4) is 0 Å². The first-order valence-electron chi connectivity index (χ1n) is 4.77. The molecule has 0 atom stereocenters. The third-order valence-electron chi connectivity index (χ3n) is 2.02. The topological polar surface area (TPSA) is 12.0 Å². The van der Waals surface area contributed by atoms with Gasteiger partial charge in [0.2, 0.25) is 0 Å². The molecular formula is C10H8ClF6N. The van der Waals surface area contributed by atoms with Crippen molar-refractivity contribution in [1.82, 2.24) is 0 Å². The first-order chi connectivity index (χ1) is 8.09. The lowest BCUT2D eigenvalue weighted by Crippen LogP contribution is -2.15. The van der Waals surface area contributed by atoms with Crippen molar-refractivity contribution in [3.8, 4) is 0 Å². The van der Waals surface area contributed by atoms with E-state index in [0.717, 1.165) is 12.1 Å². The van der Waals surface area contributed by atoms with E-state index in [0.29, 0.717) is 6.07 Å². The number of benzene rings is 1. The van der Waals surface area contributed by atoms with Gasteiger partial charge in [0, 0.05) is 6.54 Å². The van der Waals surface area contributed by atoms with Crippen LogP contribution in [0, 0.1) is 0 Å². The van der Waals surface area contributed by atoms with Crippen LogP contribution < -0.4 is 5.32 Å². The number of halogens is 7. The molecule has 0 saturated heterocycles. The summed E-state index contributed by atoms with van der Waals surface area (Å²) < 4.78 is 72.4. The van der Waals surface area contributed by atoms with E-state index in [1.54, 1.807) is 0 Å². The number of hydrogen-bond donors (Lipinski definition) is 1. The zero-order valence-corrected chi connectivity index (χ0v) is 9.55. The third kappa shape index (κ3) is 4.64. The molecule has 0 saturated carbocycles. The highest BCUT2D eigenvalue weighted by atomic mass is 35.5. The molecule has 0 spiro atoms. The number of anilines is 1. The highest BCUT2D eigenvalue weighted by molar-refractivity contribution is 6.33. The molecule has 102 valence electrons. The maximum Gasteiger partial charge on any atom is 0.416 e. The summed E-state index contributed by atoms with van der Waals surface area (Å²) in [6, 6.07) is 2.42. The third-order valence-corrected chi connectivity index (χ3v) is 2.33. The zero-order valence-electron chi connectivity index (χ0n) is 8.79. The highest BCUT2D eigenvalue weighted by Gasteiger charge is 2.31. The molecule has 0 aromatic heterocycles. The van der Waals surface area contributed by atoms with Crippen LogP contribution in [0.25, 0.3) is 0 Å². The summed E-state index contributed by atoms with van der Waals surface area (Å²) in [5.74, 6) is 0. The van der Waals surface area contributed by atoms with E-state index in [-0.39, 0.29) is 10.7 Å². The van der Waals surface area contributed by atoms with Gasteiger partial charge in [-0.05, 0) is 18.2 Å². The van der Waals surface area contributed by atoms with E-state index in [2.05, 4.69) is 5.32 Å². The van der Waals surface area contributed by atoms with Crippen molar-refractivity contribution in [2.45, 2.75) is 18.8 Å². The van der Waals surface area contributed by atoms with Gasteiger partial charge < -0.3 is 5.32 Å². The normalized spacial score (nSPS) is 12.6. The smallest absolute Gasteiger partial charge is 0.384 e. The van der Waals surface area contributed by atoms with Gasteiger partial charge >= 0.3 is 12.4 Å². The number of hydrogen-bond acceptors (Lipinski definition) is 1.